The van der Waals surface area contributed by atoms with Gasteiger partial charge in [0.1, 0.15) is 6.29 Å². The van der Waals surface area contributed by atoms with Gasteiger partial charge in [0.25, 0.3) is 0 Å². The molecule has 2 rings (SSSR count). The van der Waals surface area contributed by atoms with Crippen LogP contribution >= 0.6 is 11.8 Å². The topological polar surface area (TPSA) is 17.1 Å². The molecule has 0 spiro atoms. The average Bonchev–Trinajstić information content (AvgIpc) is 2.39. The lowest BCUT2D eigenvalue weighted by Gasteiger charge is -2.06. The molecule has 86 valence electrons. The third-order valence-corrected chi connectivity index (χ3v) is 3.70. The molecule has 1 nitrogen and oxygen atoms in total. The van der Waals surface area contributed by atoms with Crippen molar-refractivity contribution in [1.82, 2.24) is 0 Å². The maximum absolute atomic E-state index is 10.6. The average molecular weight is 242 g/mol. The summed E-state index contributed by atoms with van der Waals surface area (Å²) in [4.78, 5) is 11.8. The molecular weight excluding hydrogens is 228 g/mol. The summed E-state index contributed by atoms with van der Waals surface area (Å²) in [5.41, 5.74) is 2.42. The molecule has 0 saturated heterocycles. The molecule has 0 atom stereocenters. The second-order valence-electron chi connectivity index (χ2n) is 3.75. The van der Waals surface area contributed by atoms with Crippen LogP contribution in [0.5, 0.6) is 0 Å². The molecule has 0 amide bonds. The predicted molar refractivity (Wildman–Crippen MR) is 72.2 cm³/mol. The Morgan fingerprint density at radius 3 is 2.41 bits per heavy atom. The van der Waals surface area contributed by atoms with Crippen molar-refractivity contribution in [2.45, 2.75) is 17.1 Å². The molecule has 0 aliphatic heterocycles. The summed E-state index contributed by atoms with van der Waals surface area (Å²) in [7, 11) is 0. The molecule has 0 fully saturated rings. The Bertz CT molecular complexity index is 479. The quantitative estimate of drug-likeness (QED) is 0.587. The van der Waals surface area contributed by atoms with E-state index in [0.717, 1.165) is 17.6 Å². The van der Waals surface area contributed by atoms with Gasteiger partial charge in [-0.25, -0.2) is 0 Å². The van der Waals surface area contributed by atoms with E-state index in [2.05, 4.69) is 18.2 Å². The molecule has 0 bridgehead atoms. The zero-order valence-corrected chi connectivity index (χ0v) is 10.3. The second-order valence-corrected chi connectivity index (χ2v) is 4.77. The SMILES string of the molecule is O=CCc1ccccc1SCc1ccccc1. The van der Waals surface area contributed by atoms with E-state index in [4.69, 9.17) is 0 Å². The van der Waals surface area contributed by atoms with Gasteiger partial charge in [0.05, 0.1) is 0 Å². The molecule has 0 radical (unpaired) electrons. The van der Waals surface area contributed by atoms with Crippen molar-refractivity contribution in [3.8, 4) is 0 Å². The van der Waals surface area contributed by atoms with E-state index >= 15 is 0 Å². The number of benzene rings is 2. The summed E-state index contributed by atoms with van der Waals surface area (Å²) in [5, 5.41) is 0. The van der Waals surface area contributed by atoms with Crippen molar-refractivity contribution in [1.29, 1.82) is 0 Å². The highest BCUT2D eigenvalue weighted by molar-refractivity contribution is 7.98. The Morgan fingerprint density at radius 2 is 1.65 bits per heavy atom. The third kappa shape index (κ3) is 3.46. The molecule has 0 N–H and O–H groups in total. The van der Waals surface area contributed by atoms with Gasteiger partial charge in [0.2, 0.25) is 0 Å². The van der Waals surface area contributed by atoms with E-state index in [9.17, 15) is 4.79 Å². The van der Waals surface area contributed by atoms with Crippen LogP contribution in [0.1, 0.15) is 11.1 Å². The van der Waals surface area contributed by atoms with Gasteiger partial charge >= 0.3 is 0 Å². The summed E-state index contributed by atoms with van der Waals surface area (Å²) in [6.45, 7) is 0. The highest BCUT2D eigenvalue weighted by atomic mass is 32.2. The van der Waals surface area contributed by atoms with E-state index in [0.29, 0.717) is 6.42 Å². The van der Waals surface area contributed by atoms with Crippen molar-refractivity contribution in [3.63, 3.8) is 0 Å². The van der Waals surface area contributed by atoms with Crippen LogP contribution in [0, 0.1) is 0 Å². The molecule has 2 aromatic rings. The van der Waals surface area contributed by atoms with Gasteiger partial charge in [-0.15, -0.1) is 11.8 Å². The first-order valence-corrected chi connectivity index (χ1v) is 6.57. The Kier molecular flexibility index (Phi) is 4.39. The van der Waals surface area contributed by atoms with Crippen LogP contribution in [0.2, 0.25) is 0 Å². The van der Waals surface area contributed by atoms with Gasteiger partial charge in [0, 0.05) is 17.1 Å². The maximum atomic E-state index is 10.6. The lowest BCUT2D eigenvalue weighted by atomic mass is 10.2. The van der Waals surface area contributed by atoms with Crippen LogP contribution in [-0.4, -0.2) is 6.29 Å². The van der Waals surface area contributed by atoms with Crippen LogP contribution in [-0.2, 0) is 17.0 Å². The van der Waals surface area contributed by atoms with Crippen LogP contribution in [0.15, 0.2) is 59.5 Å². The van der Waals surface area contributed by atoms with Crippen molar-refractivity contribution in [3.05, 3.63) is 65.7 Å². The molecule has 0 heterocycles. The molecule has 0 saturated carbocycles. The third-order valence-electron chi connectivity index (χ3n) is 2.51. The smallest absolute Gasteiger partial charge is 0.124 e. The number of hydrogen-bond donors (Lipinski definition) is 0. The summed E-state index contributed by atoms with van der Waals surface area (Å²) >= 11 is 1.78. The molecule has 2 aromatic carbocycles. The van der Waals surface area contributed by atoms with E-state index in [1.807, 2.05) is 36.4 Å². The zero-order chi connectivity index (χ0) is 11.9. The summed E-state index contributed by atoms with van der Waals surface area (Å²) < 4.78 is 0. The lowest BCUT2D eigenvalue weighted by molar-refractivity contribution is -0.107. The van der Waals surface area contributed by atoms with Crippen molar-refractivity contribution >= 4 is 18.0 Å². The molecule has 0 aliphatic carbocycles. The predicted octanol–water partition coefficient (Wildman–Crippen LogP) is 3.72. The zero-order valence-electron chi connectivity index (χ0n) is 9.50. The van der Waals surface area contributed by atoms with Crippen LogP contribution < -0.4 is 0 Å². The molecule has 0 unspecified atom stereocenters. The van der Waals surface area contributed by atoms with Gasteiger partial charge < -0.3 is 4.79 Å². The Balaban J connectivity index is 2.06. The van der Waals surface area contributed by atoms with Gasteiger partial charge in [0.15, 0.2) is 0 Å². The van der Waals surface area contributed by atoms with E-state index in [-0.39, 0.29) is 0 Å². The Hall–Kier alpha value is -1.54. The van der Waals surface area contributed by atoms with Crippen molar-refractivity contribution in [2.75, 3.05) is 0 Å². The highest BCUT2D eigenvalue weighted by Crippen LogP contribution is 2.26. The monoisotopic (exact) mass is 242 g/mol. The largest absolute Gasteiger partial charge is 0.303 e. The number of rotatable bonds is 5. The Labute approximate surface area is 106 Å². The fraction of sp³-hybridized carbons (Fsp3) is 0.133. The number of carbonyl (C=O) groups excluding carboxylic acids is 1. The first-order chi connectivity index (χ1) is 8.40. The summed E-state index contributed by atoms with van der Waals surface area (Å²) in [6, 6.07) is 18.4. The van der Waals surface area contributed by atoms with E-state index < -0.39 is 0 Å². The number of aldehydes is 1. The standard InChI is InChI=1S/C15H14OS/c16-11-10-14-8-4-5-9-15(14)17-12-13-6-2-1-3-7-13/h1-9,11H,10,12H2. The van der Waals surface area contributed by atoms with Gasteiger partial charge in [-0.05, 0) is 17.2 Å². The minimum atomic E-state index is 0.498. The van der Waals surface area contributed by atoms with Gasteiger partial charge in [-0.3, -0.25) is 0 Å². The number of thioether (sulfide) groups is 1. The molecule has 0 aromatic heterocycles. The number of hydrogen-bond acceptors (Lipinski definition) is 2. The lowest BCUT2D eigenvalue weighted by Crippen LogP contribution is -1.89. The first kappa shape index (κ1) is 11.9. The van der Waals surface area contributed by atoms with Gasteiger partial charge in [-0.2, -0.15) is 0 Å². The Morgan fingerprint density at radius 1 is 0.941 bits per heavy atom. The molecule has 17 heavy (non-hydrogen) atoms. The van der Waals surface area contributed by atoms with Crippen LogP contribution in [0.3, 0.4) is 0 Å². The minimum absolute atomic E-state index is 0.498. The van der Waals surface area contributed by atoms with Crippen molar-refractivity contribution in [2.24, 2.45) is 0 Å². The summed E-state index contributed by atoms with van der Waals surface area (Å²) in [6.07, 6.45) is 1.46. The molecule has 2 heteroatoms. The fourth-order valence-corrected chi connectivity index (χ4v) is 2.66. The minimum Gasteiger partial charge on any atom is -0.303 e. The van der Waals surface area contributed by atoms with E-state index in [1.54, 1.807) is 11.8 Å². The molecule has 0 aliphatic rings. The van der Waals surface area contributed by atoms with Crippen molar-refractivity contribution < 1.29 is 4.79 Å². The molecular formula is C15H14OS. The normalized spacial score (nSPS) is 10.1. The highest BCUT2D eigenvalue weighted by Gasteiger charge is 2.02. The maximum Gasteiger partial charge on any atom is 0.124 e. The number of carbonyl (C=O) groups is 1. The van der Waals surface area contributed by atoms with Gasteiger partial charge in [-0.1, -0.05) is 48.5 Å². The van der Waals surface area contributed by atoms with Crippen LogP contribution in [0.25, 0.3) is 0 Å². The summed E-state index contributed by atoms with van der Waals surface area (Å²) in [5.74, 6) is 0.941. The fourth-order valence-electron chi connectivity index (χ4n) is 1.64. The second kappa shape index (κ2) is 6.26. The van der Waals surface area contributed by atoms with Crippen LogP contribution in [0.4, 0.5) is 0 Å². The first-order valence-electron chi connectivity index (χ1n) is 5.58. The van der Waals surface area contributed by atoms with E-state index in [1.165, 1.54) is 10.5 Å².